The van der Waals surface area contributed by atoms with Crippen LogP contribution in [0.4, 0.5) is 0 Å². The van der Waals surface area contributed by atoms with Crippen LogP contribution >= 0.6 is 0 Å². The quantitative estimate of drug-likeness (QED) is 0.802. The van der Waals surface area contributed by atoms with Crippen molar-refractivity contribution < 1.29 is 14.7 Å². The molecule has 0 saturated carbocycles. The van der Waals surface area contributed by atoms with E-state index in [1.54, 1.807) is 18.9 Å². The van der Waals surface area contributed by atoms with E-state index in [1.165, 1.54) is 6.42 Å². The molecule has 1 fully saturated rings. The van der Waals surface area contributed by atoms with Gasteiger partial charge < -0.3 is 10.0 Å². The van der Waals surface area contributed by atoms with Gasteiger partial charge in [-0.15, -0.1) is 0 Å². The first-order valence-electron chi connectivity index (χ1n) is 6.69. The fourth-order valence-corrected chi connectivity index (χ4v) is 2.38. The maximum absolute atomic E-state index is 12.2. The standard InChI is InChI=1S/C13H24N2O3/c1-4-11-7-5-6-8-15(11)12(16)9-14(3)10(2)13(17)18/h10-11H,4-9H2,1-3H3,(H,17,18)/t10-,11+/m1/s1. The Bertz CT molecular complexity index is 307. The van der Waals surface area contributed by atoms with Gasteiger partial charge in [-0.05, 0) is 39.7 Å². The molecule has 1 rings (SSSR count). The Morgan fingerprint density at radius 3 is 2.67 bits per heavy atom. The number of aliphatic carboxylic acids is 1. The number of rotatable bonds is 5. The molecule has 0 unspecified atom stereocenters. The number of hydrogen-bond acceptors (Lipinski definition) is 3. The molecule has 5 nitrogen and oxygen atoms in total. The number of hydrogen-bond donors (Lipinski definition) is 1. The number of amides is 1. The van der Waals surface area contributed by atoms with E-state index in [0.29, 0.717) is 6.04 Å². The molecule has 0 bridgehead atoms. The van der Waals surface area contributed by atoms with Gasteiger partial charge in [0.1, 0.15) is 6.04 Å². The van der Waals surface area contributed by atoms with Crippen LogP contribution < -0.4 is 0 Å². The fraction of sp³-hybridized carbons (Fsp3) is 0.846. The van der Waals surface area contributed by atoms with Gasteiger partial charge in [-0.3, -0.25) is 14.5 Å². The summed E-state index contributed by atoms with van der Waals surface area (Å²) in [6.45, 7) is 4.69. The summed E-state index contributed by atoms with van der Waals surface area (Å²) in [4.78, 5) is 26.6. The van der Waals surface area contributed by atoms with Crippen molar-refractivity contribution in [2.45, 2.75) is 51.6 Å². The van der Waals surface area contributed by atoms with Gasteiger partial charge in [0.05, 0.1) is 6.54 Å². The molecular formula is C13H24N2O3. The van der Waals surface area contributed by atoms with Crippen molar-refractivity contribution in [2.24, 2.45) is 0 Å². The Balaban J connectivity index is 2.55. The summed E-state index contributed by atoms with van der Waals surface area (Å²) < 4.78 is 0. The van der Waals surface area contributed by atoms with Crippen molar-refractivity contribution in [2.75, 3.05) is 20.1 Å². The van der Waals surface area contributed by atoms with Crippen LogP contribution in [0.25, 0.3) is 0 Å². The highest BCUT2D eigenvalue weighted by Gasteiger charge is 2.27. The number of carboxylic acid groups (broad SMARTS) is 1. The van der Waals surface area contributed by atoms with Crippen molar-refractivity contribution in [1.29, 1.82) is 0 Å². The molecule has 0 aromatic carbocycles. The Kier molecular flexibility index (Phi) is 5.59. The second-order valence-corrected chi connectivity index (χ2v) is 5.07. The van der Waals surface area contributed by atoms with Crippen LogP contribution in [-0.4, -0.2) is 59.0 Å². The molecule has 18 heavy (non-hydrogen) atoms. The summed E-state index contributed by atoms with van der Waals surface area (Å²) in [7, 11) is 1.68. The summed E-state index contributed by atoms with van der Waals surface area (Å²) in [6, 6.07) is -0.293. The highest BCUT2D eigenvalue weighted by molar-refractivity contribution is 5.80. The monoisotopic (exact) mass is 256 g/mol. The molecular weight excluding hydrogens is 232 g/mol. The molecule has 1 aliphatic rings. The first-order chi connectivity index (χ1) is 8.47. The largest absolute Gasteiger partial charge is 0.480 e. The molecule has 2 atom stereocenters. The highest BCUT2D eigenvalue weighted by Crippen LogP contribution is 2.19. The molecule has 5 heteroatoms. The van der Waals surface area contributed by atoms with Crippen LogP contribution in [-0.2, 0) is 9.59 Å². The molecule has 0 radical (unpaired) electrons. The SMILES string of the molecule is CC[C@H]1CCCCN1C(=O)CN(C)[C@H](C)C(=O)O. The van der Waals surface area contributed by atoms with Crippen LogP contribution in [0, 0.1) is 0 Å². The zero-order chi connectivity index (χ0) is 13.7. The van der Waals surface area contributed by atoms with E-state index >= 15 is 0 Å². The zero-order valence-electron chi connectivity index (χ0n) is 11.6. The lowest BCUT2D eigenvalue weighted by Crippen LogP contribution is -2.49. The van der Waals surface area contributed by atoms with Crippen molar-refractivity contribution in [3.63, 3.8) is 0 Å². The maximum Gasteiger partial charge on any atom is 0.320 e. The third-order valence-corrected chi connectivity index (χ3v) is 3.82. The molecule has 1 N–H and O–H groups in total. The normalized spacial score (nSPS) is 22.0. The van der Waals surface area contributed by atoms with E-state index in [1.807, 2.05) is 4.90 Å². The van der Waals surface area contributed by atoms with Crippen molar-refractivity contribution in [1.82, 2.24) is 9.80 Å². The molecule has 104 valence electrons. The van der Waals surface area contributed by atoms with Gasteiger partial charge in [-0.25, -0.2) is 0 Å². The summed E-state index contributed by atoms with van der Waals surface area (Å²) in [5.74, 6) is -0.840. The number of likely N-dealkylation sites (N-methyl/N-ethyl adjacent to an activating group) is 1. The van der Waals surface area contributed by atoms with E-state index in [-0.39, 0.29) is 12.5 Å². The van der Waals surface area contributed by atoms with Crippen LogP contribution in [0.15, 0.2) is 0 Å². The lowest BCUT2D eigenvalue weighted by molar-refractivity contribution is -0.144. The van der Waals surface area contributed by atoms with Gasteiger partial charge in [-0.2, -0.15) is 0 Å². The van der Waals surface area contributed by atoms with E-state index in [4.69, 9.17) is 5.11 Å². The number of nitrogens with zero attached hydrogens (tertiary/aromatic N) is 2. The Labute approximate surface area is 109 Å². The molecule has 0 aromatic rings. The second kappa shape index (κ2) is 6.73. The maximum atomic E-state index is 12.2. The average Bonchev–Trinajstić information content (AvgIpc) is 2.37. The minimum atomic E-state index is -0.893. The van der Waals surface area contributed by atoms with Crippen molar-refractivity contribution in [3.05, 3.63) is 0 Å². The predicted molar refractivity (Wildman–Crippen MR) is 69.4 cm³/mol. The Morgan fingerprint density at radius 1 is 1.44 bits per heavy atom. The predicted octanol–water partition coefficient (Wildman–Crippen LogP) is 1.18. The van der Waals surface area contributed by atoms with Crippen LogP contribution in [0.2, 0.25) is 0 Å². The zero-order valence-corrected chi connectivity index (χ0v) is 11.6. The van der Waals surface area contributed by atoms with Crippen LogP contribution in [0.3, 0.4) is 0 Å². The fourth-order valence-electron chi connectivity index (χ4n) is 2.38. The van der Waals surface area contributed by atoms with Gasteiger partial charge in [0.25, 0.3) is 0 Å². The van der Waals surface area contributed by atoms with E-state index in [9.17, 15) is 9.59 Å². The summed E-state index contributed by atoms with van der Waals surface area (Å²) in [5, 5.41) is 8.91. The number of carbonyl (C=O) groups excluding carboxylic acids is 1. The van der Waals surface area contributed by atoms with Gasteiger partial charge in [-0.1, -0.05) is 6.92 Å². The average molecular weight is 256 g/mol. The Hall–Kier alpha value is -1.10. The third-order valence-electron chi connectivity index (χ3n) is 3.82. The molecule has 1 aliphatic heterocycles. The van der Waals surface area contributed by atoms with Gasteiger partial charge >= 0.3 is 5.97 Å². The molecule has 1 saturated heterocycles. The Morgan fingerprint density at radius 2 is 2.11 bits per heavy atom. The molecule has 1 heterocycles. The first kappa shape index (κ1) is 15.0. The summed E-state index contributed by atoms with van der Waals surface area (Å²) in [5.41, 5.74) is 0. The van der Waals surface area contributed by atoms with Gasteiger partial charge in [0.15, 0.2) is 0 Å². The highest BCUT2D eigenvalue weighted by atomic mass is 16.4. The van der Waals surface area contributed by atoms with Gasteiger partial charge in [0.2, 0.25) is 5.91 Å². The van der Waals surface area contributed by atoms with Crippen LogP contribution in [0.1, 0.15) is 39.5 Å². The van der Waals surface area contributed by atoms with Crippen molar-refractivity contribution in [3.8, 4) is 0 Å². The molecule has 0 aliphatic carbocycles. The van der Waals surface area contributed by atoms with E-state index in [0.717, 1.165) is 25.8 Å². The lowest BCUT2D eigenvalue weighted by Gasteiger charge is -2.36. The molecule has 1 amide bonds. The topological polar surface area (TPSA) is 60.9 Å². The molecule has 0 spiro atoms. The number of piperidine rings is 1. The van der Waals surface area contributed by atoms with E-state index in [2.05, 4.69) is 6.92 Å². The third kappa shape index (κ3) is 3.70. The molecule has 0 aromatic heterocycles. The lowest BCUT2D eigenvalue weighted by atomic mass is 10.00. The second-order valence-electron chi connectivity index (χ2n) is 5.07. The minimum absolute atomic E-state index is 0.0529. The first-order valence-corrected chi connectivity index (χ1v) is 6.69. The number of carboxylic acids is 1. The minimum Gasteiger partial charge on any atom is -0.480 e. The smallest absolute Gasteiger partial charge is 0.320 e. The van der Waals surface area contributed by atoms with Gasteiger partial charge in [0, 0.05) is 12.6 Å². The number of likely N-dealkylation sites (tertiary alicyclic amines) is 1. The van der Waals surface area contributed by atoms with Crippen molar-refractivity contribution >= 4 is 11.9 Å². The number of carbonyl (C=O) groups is 2. The van der Waals surface area contributed by atoms with E-state index < -0.39 is 12.0 Å². The van der Waals surface area contributed by atoms with Crippen LogP contribution in [0.5, 0.6) is 0 Å². The summed E-state index contributed by atoms with van der Waals surface area (Å²) >= 11 is 0. The summed E-state index contributed by atoms with van der Waals surface area (Å²) in [6.07, 6.45) is 4.29.